The third-order valence-electron chi connectivity index (χ3n) is 3.24. The van der Waals surface area contributed by atoms with Gasteiger partial charge in [-0.05, 0) is 36.5 Å². The molecule has 90 valence electrons. The van der Waals surface area contributed by atoms with Crippen LogP contribution >= 0.6 is 0 Å². The summed E-state index contributed by atoms with van der Waals surface area (Å²) in [5, 5.41) is 19.6. The molecule has 1 N–H and O–H groups in total. The quantitative estimate of drug-likeness (QED) is 0.756. The number of benzene rings is 1. The van der Waals surface area contributed by atoms with Crippen molar-refractivity contribution in [2.24, 2.45) is 0 Å². The molecule has 3 heteroatoms. The van der Waals surface area contributed by atoms with E-state index in [4.69, 9.17) is 4.74 Å². The van der Waals surface area contributed by atoms with E-state index in [0.29, 0.717) is 36.7 Å². The molecule has 0 bridgehead atoms. The van der Waals surface area contributed by atoms with Crippen molar-refractivity contribution in [1.29, 1.82) is 5.26 Å². The molecule has 0 amide bonds. The average Bonchev–Trinajstić information content (AvgIpc) is 2.49. The molecule has 0 radical (unpaired) electrons. The second-order valence-electron chi connectivity index (χ2n) is 4.83. The molecule has 2 rings (SSSR count). The number of fused-ring (bicyclic) bond motifs is 1. The first kappa shape index (κ1) is 11.9. The van der Waals surface area contributed by atoms with E-state index in [9.17, 15) is 10.4 Å². The molecule has 1 aromatic carbocycles. The largest absolute Gasteiger partial charge is 0.493 e. The van der Waals surface area contributed by atoms with Crippen molar-refractivity contribution in [2.45, 2.75) is 38.2 Å². The Bertz CT molecular complexity index is 462. The van der Waals surface area contributed by atoms with Gasteiger partial charge in [-0.1, -0.05) is 19.9 Å². The Labute approximate surface area is 102 Å². The zero-order chi connectivity index (χ0) is 12.5. The van der Waals surface area contributed by atoms with Crippen LogP contribution in [0.15, 0.2) is 18.2 Å². The van der Waals surface area contributed by atoms with E-state index >= 15 is 0 Å². The third-order valence-corrected chi connectivity index (χ3v) is 3.24. The molecule has 0 aliphatic carbocycles. The Hall–Kier alpha value is -1.53. The molecule has 1 heterocycles. The molecule has 0 spiro atoms. The number of rotatable bonds is 1. The van der Waals surface area contributed by atoms with E-state index in [2.05, 4.69) is 13.8 Å². The number of aliphatic hydroxyl groups is 1. The summed E-state index contributed by atoms with van der Waals surface area (Å²) in [5.41, 5.74) is 0.322. The maximum Gasteiger partial charge on any atom is 0.180 e. The molecule has 3 nitrogen and oxygen atoms in total. The van der Waals surface area contributed by atoms with Crippen LogP contribution in [0.4, 0.5) is 0 Å². The summed E-state index contributed by atoms with van der Waals surface area (Å²) in [5.74, 6) is 1.00. The maximum absolute atomic E-state index is 10.4. The van der Waals surface area contributed by atoms with Crippen LogP contribution in [0.3, 0.4) is 0 Å². The van der Waals surface area contributed by atoms with Crippen LogP contribution in [0.5, 0.6) is 5.75 Å². The first-order chi connectivity index (χ1) is 8.07. The summed E-state index contributed by atoms with van der Waals surface area (Å²) >= 11 is 0. The highest BCUT2D eigenvalue weighted by molar-refractivity contribution is 5.45. The van der Waals surface area contributed by atoms with Crippen molar-refractivity contribution < 1.29 is 9.84 Å². The molecule has 0 aromatic heterocycles. The summed E-state index contributed by atoms with van der Waals surface area (Å²) in [6, 6.07) is 7.77. The van der Waals surface area contributed by atoms with Crippen LogP contribution in [0.2, 0.25) is 0 Å². The Morgan fingerprint density at radius 2 is 2.24 bits per heavy atom. The fourth-order valence-electron chi connectivity index (χ4n) is 2.12. The van der Waals surface area contributed by atoms with E-state index in [1.165, 1.54) is 0 Å². The van der Waals surface area contributed by atoms with Crippen molar-refractivity contribution in [2.75, 3.05) is 6.61 Å². The van der Waals surface area contributed by atoms with Gasteiger partial charge in [0.05, 0.1) is 6.61 Å². The Balaban J connectivity index is 2.55. The Kier molecular flexibility index (Phi) is 3.08. The summed E-state index contributed by atoms with van der Waals surface area (Å²) < 4.78 is 5.57. The third kappa shape index (κ3) is 2.13. The van der Waals surface area contributed by atoms with E-state index < -0.39 is 5.60 Å². The fourth-order valence-corrected chi connectivity index (χ4v) is 2.12. The summed E-state index contributed by atoms with van der Waals surface area (Å²) in [6.45, 7) is 4.73. The van der Waals surface area contributed by atoms with Gasteiger partial charge < -0.3 is 9.84 Å². The van der Waals surface area contributed by atoms with Crippen LogP contribution in [0, 0.1) is 11.3 Å². The molecule has 1 aliphatic rings. The van der Waals surface area contributed by atoms with Crippen LogP contribution in [0.1, 0.15) is 43.7 Å². The molecule has 1 atom stereocenters. The van der Waals surface area contributed by atoms with Gasteiger partial charge in [-0.3, -0.25) is 0 Å². The summed E-state index contributed by atoms with van der Waals surface area (Å²) in [4.78, 5) is 0. The summed E-state index contributed by atoms with van der Waals surface area (Å²) in [7, 11) is 0. The second kappa shape index (κ2) is 4.38. The molecule has 0 fully saturated rings. The van der Waals surface area contributed by atoms with E-state index in [1.807, 2.05) is 24.3 Å². The predicted molar refractivity (Wildman–Crippen MR) is 64.8 cm³/mol. The van der Waals surface area contributed by atoms with Gasteiger partial charge in [0.15, 0.2) is 5.60 Å². The highest BCUT2D eigenvalue weighted by Gasteiger charge is 2.34. The minimum atomic E-state index is -1.41. The highest BCUT2D eigenvalue weighted by Crippen LogP contribution is 2.37. The fraction of sp³-hybridized carbons (Fsp3) is 0.500. The van der Waals surface area contributed by atoms with Crippen molar-refractivity contribution in [3.05, 3.63) is 29.3 Å². The lowest BCUT2D eigenvalue weighted by Crippen LogP contribution is -2.22. The van der Waals surface area contributed by atoms with Gasteiger partial charge in [-0.25, -0.2) is 0 Å². The van der Waals surface area contributed by atoms with Gasteiger partial charge in [0.1, 0.15) is 11.8 Å². The topological polar surface area (TPSA) is 53.2 Å². The Morgan fingerprint density at radius 1 is 1.47 bits per heavy atom. The first-order valence-electron chi connectivity index (χ1n) is 5.97. The number of hydrogen-bond donors (Lipinski definition) is 1. The lowest BCUT2D eigenvalue weighted by atomic mass is 9.88. The normalized spacial score (nSPS) is 23.5. The molecule has 1 aliphatic heterocycles. The van der Waals surface area contributed by atoms with Gasteiger partial charge in [0, 0.05) is 5.56 Å². The van der Waals surface area contributed by atoms with Gasteiger partial charge in [-0.15, -0.1) is 0 Å². The highest BCUT2D eigenvalue weighted by atomic mass is 16.5. The maximum atomic E-state index is 10.4. The van der Waals surface area contributed by atoms with E-state index in [0.717, 1.165) is 5.56 Å². The number of nitrogens with zero attached hydrogens (tertiary/aromatic N) is 1. The van der Waals surface area contributed by atoms with Crippen molar-refractivity contribution in [3.63, 3.8) is 0 Å². The van der Waals surface area contributed by atoms with Crippen molar-refractivity contribution in [3.8, 4) is 11.8 Å². The minimum absolute atomic E-state index is 0.367. The molecule has 0 saturated carbocycles. The predicted octanol–water partition coefficient (Wildman–Crippen LogP) is 2.69. The minimum Gasteiger partial charge on any atom is -0.493 e. The molecular weight excluding hydrogens is 214 g/mol. The molecule has 0 saturated heterocycles. The summed E-state index contributed by atoms with van der Waals surface area (Å²) in [6.07, 6.45) is 1.12. The lowest BCUT2D eigenvalue weighted by Gasteiger charge is -2.21. The van der Waals surface area contributed by atoms with Crippen LogP contribution < -0.4 is 4.74 Å². The standard InChI is InChI=1S/C14H17NO2/c1-10(2)11-4-5-13-12(8-11)14(16,9-15)6-3-7-17-13/h4-5,8,10,16H,3,6-7H2,1-2H3. The van der Waals surface area contributed by atoms with Gasteiger partial charge in [-0.2, -0.15) is 5.26 Å². The smallest absolute Gasteiger partial charge is 0.180 e. The molecule has 17 heavy (non-hydrogen) atoms. The number of ether oxygens (including phenoxy) is 1. The molecular formula is C14H17NO2. The second-order valence-corrected chi connectivity index (χ2v) is 4.83. The van der Waals surface area contributed by atoms with Crippen LogP contribution in [-0.2, 0) is 5.60 Å². The van der Waals surface area contributed by atoms with Crippen molar-refractivity contribution in [1.82, 2.24) is 0 Å². The SMILES string of the molecule is CC(C)c1ccc2c(c1)C(O)(C#N)CCCO2. The van der Waals surface area contributed by atoms with Gasteiger partial charge in [0.25, 0.3) is 0 Å². The van der Waals surface area contributed by atoms with Crippen LogP contribution in [-0.4, -0.2) is 11.7 Å². The van der Waals surface area contributed by atoms with Gasteiger partial charge >= 0.3 is 0 Å². The average molecular weight is 231 g/mol. The number of hydrogen-bond acceptors (Lipinski definition) is 3. The molecule has 1 aromatic rings. The van der Waals surface area contributed by atoms with E-state index in [1.54, 1.807) is 0 Å². The molecule has 1 unspecified atom stereocenters. The zero-order valence-electron chi connectivity index (χ0n) is 10.2. The lowest BCUT2D eigenvalue weighted by molar-refractivity contribution is 0.0883. The monoisotopic (exact) mass is 231 g/mol. The van der Waals surface area contributed by atoms with E-state index in [-0.39, 0.29) is 0 Å². The zero-order valence-corrected chi connectivity index (χ0v) is 10.2. The van der Waals surface area contributed by atoms with Crippen LogP contribution in [0.25, 0.3) is 0 Å². The number of nitriles is 1. The van der Waals surface area contributed by atoms with Crippen molar-refractivity contribution >= 4 is 0 Å². The van der Waals surface area contributed by atoms with Gasteiger partial charge in [0.2, 0.25) is 0 Å². The Morgan fingerprint density at radius 3 is 2.88 bits per heavy atom. The first-order valence-corrected chi connectivity index (χ1v) is 5.97.